The van der Waals surface area contributed by atoms with E-state index >= 15 is 0 Å². The minimum Gasteiger partial charge on any atom is -0.480 e. The number of carboxylic acids is 1. The second kappa shape index (κ2) is 6.59. The average Bonchev–Trinajstić information content (AvgIpc) is 2.67. The third-order valence-corrected chi connectivity index (χ3v) is 4.45. The van der Waals surface area contributed by atoms with E-state index in [1.165, 1.54) is 25.7 Å². The summed E-state index contributed by atoms with van der Waals surface area (Å²) in [6, 6.07) is 7.34. The Labute approximate surface area is 125 Å². The molecule has 1 aliphatic carbocycles. The summed E-state index contributed by atoms with van der Waals surface area (Å²) in [6.07, 6.45) is 6.96. The standard InChI is InChI=1S/C16H22ClNO2/c1-16(15(19)20,12-8-10-13(17)11-9-12)18-14-6-4-2-3-5-7-14/h8-11,14,18H,2-7H2,1H3,(H,19,20). The van der Waals surface area contributed by atoms with Crippen LogP contribution in [0.4, 0.5) is 0 Å². The molecule has 0 aliphatic heterocycles. The smallest absolute Gasteiger partial charge is 0.328 e. The highest BCUT2D eigenvalue weighted by molar-refractivity contribution is 6.30. The number of halogens is 1. The maximum Gasteiger partial charge on any atom is 0.328 e. The van der Waals surface area contributed by atoms with Crippen molar-refractivity contribution in [2.24, 2.45) is 0 Å². The Kier molecular flexibility index (Phi) is 5.06. The number of nitrogens with one attached hydrogen (secondary N) is 1. The SMILES string of the molecule is CC(NC1CCCCCC1)(C(=O)O)c1ccc(Cl)cc1. The molecule has 0 amide bonds. The highest BCUT2D eigenvalue weighted by atomic mass is 35.5. The van der Waals surface area contributed by atoms with E-state index in [4.69, 9.17) is 11.6 Å². The number of hydrogen-bond donors (Lipinski definition) is 2. The molecule has 0 saturated heterocycles. The van der Waals surface area contributed by atoms with Crippen LogP contribution in [0.1, 0.15) is 51.0 Å². The fourth-order valence-electron chi connectivity index (χ4n) is 2.88. The van der Waals surface area contributed by atoms with Crippen molar-refractivity contribution >= 4 is 17.6 Å². The van der Waals surface area contributed by atoms with Gasteiger partial charge in [0.05, 0.1) is 0 Å². The van der Waals surface area contributed by atoms with E-state index in [9.17, 15) is 9.90 Å². The van der Waals surface area contributed by atoms with E-state index in [1.807, 2.05) is 0 Å². The van der Waals surface area contributed by atoms with Gasteiger partial charge in [-0.15, -0.1) is 0 Å². The van der Waals surface area contributed by atoms with Crippen LogP contribution in [0.25, 0.3) is 0 Å². The van der Waals surface area contributed by atoms with Crippen molar-refractivity contribution < 1.29 is 9.90 Å². The van der Waals surface area contributed by atoms with Crippen LogP contribution in [0.15, 0.2) is 24.3 Å². The molecule has 2 rings (SSSR count). The van der Waals surface area contributed by atoms with Crippen molar-refractivity contribution in [3.8, 4) is 0 Å². The minimum atomic E-state index is -1.06. The molecule has 1 unspecified atom stereocenters. The molecule has 1 atom stereocenters. The first kappa shape index (κ1) is 15.3. The lowest BCUT2D eigenvalue weighted by atomic mass is 9.90. The zero-order chi connectivity index (χ0) is 14.6. The van der Waals surface area contributed by atoms with Gasteiger partial charge in [0.15, 0.2) is 0 Å². The Morgan fingerprint density at radius 1 is 1.20 bits per heavy atom. The fourth-order valence-corrected chi connectivity index (χ4v) is 3.01. The monoisotopic (exact) mass is 295 g/mol. The van der Waals surface area contributed by atoms with Crippen molar-refractivity contribution in [2.45, 2.75) is 57.0 Å². The van der Waals surface area contributed by atoms with Crippen LogP contribution < -0.4 is 5.32 Å². The largest absolute Gasteiger partial charge is 0.480 e. The van der Waals surface area contributed by atoms with Crippen molar-refractivity contribution in [1.29, 1.82) is 0 Å². The van der Waals surface area contributed by atoms with E-state index in [0.717, 1.165) is 18.4 Å². The first-order chi connectivity index (χ1) is 9.52. The van der Waals surface area contributed by atoms with Crippen molar-refractivity contribution in [3.63, 3.8) is 0 Å². The molecule has 0 aromatic heterocycles. The van der Waals surface area contributed by atoms with E-state index in [-0.39, 0.29) is 6.04 Å². The number of benzene rings is 1. The summed E-state index contributed by atoms with van der Waals surface area (Å²) in [5.41, 5.74) is -0.307. The van der Waals surface area contributed by atoms with Gasteiger partial charge in [-0.2, -0.15) is 0 Å². The Morgan fingerprint density at radius 2 is 1.75 bits per heavy atom. The molecule has 4 heteroatoms. The van der Waals surface area contributed by atoms with E-state index in [0.29, 0.717) is 5.02 Å². The second-order valence-electron chi connectivity index (χ2n) is 5.77. The molecule has 0 spiro atoms. The van der Waals surface area contributed by atoms with E-state index < -0.39 is 11.5 Å². The fraction of sp³-hybridized carbons (Fsp3) is 0.562. The second-order valence-corrected chi connectivity index (χ2v) is 6.21. The van der Waals surface area contributed by atoms with Crippen LogP contribution in [-0.4, -0.2) is 17.1 Å². The van der Waals surface area contributed by atoms with Gasteiger partial charge in [-0.1, -0.05) is 49.4 Å². The lowest BCUT2D eigenvalue weighted by Gasteiger charge is -2.32. The first-order valence-corrected chi connectivity index (χ1v) is 7.67. The van der Waals surface area contributed by atoms with Gasteiger partial charge in [-0.3, -0.25) is 5.32 Å². The Hall–Kier alpha value is -1.06. The van der Waals surface area contributed by atoms with Crippen molar-refractivity contribution in [3.05, 3.63) is 34.9 Å². The highest BCUT2D eigenvalue weighted by Gasteiger charge is 2.37. The minimum absolute atomic E-state index is 0.272. The van der Waals surface area contributed by atoms with Gasteiger partial charge >= 0.3 is 5.97 Å². The number of carbonyl (C=O) groups is 1. The summed E-state index contributed by atoms with van der Waals surface area (Å²) in [5, 5.41) is 13.6. The highest BCUT2D eigenvalue weighted by Crippen LogP contribution is 2.27. The Balaban J connectivity index is 2.20. The van der Waals surface area contributed by atoms with Crippen LogP contribution in [0.5, 0.6) is 0 Å². The van der Waals surface area contributed by atoms with Gasteiger partial charge in [0.1, 0.15) is 5.54 Å². The molecule has 1 saturated carbocycles. The molecule has 3 nitrogen and oxygen atoms in total. The van der Waals surface area contributed by atoms with E-state index in [2.05, 4.69) is 5.32 Å². The molecular formula is C16H22ClNO2. The third-order valence-electron chi connectivity index (χ3n) is 4.20. The zero-order valence-corrected chi connectivity index (χ0v) is 12.6. The molecule has 2 N–H and O–H groups in total. The van der Waals surface area contributed by atoms with Crippen LogP contribution >= 0.6 is 11.6 Å². The van der Waals surface area contributed by atoms with Gasteiger partial charge in [0.2, 0.25) is 0 Å². The Bertz CT molecular complexity index is 452. The summed E-state index contributed by atoms with van der Waals surface area (Å²) in [5.74, 6) is -0.843. The number of carboxylic acid groups (broad SMARTS) is 1. The van der Waals surface area contributed by atoms with Crippen molar-refractivity contribution in [1.82, 2.24) is 5.32 Å². The summed E-state index contributed by atoms with van der Waals surface area (Å²) >= 11 is 5.89. The molecule has 1 aromatic rings. The predicted octanol–water partition coefficient (Wildman–Crippen LogP) is 3.95. The van der Waals surface area contributed by atoms with Crippen LogP contribution in [0.3, 0.4) is 0 Å². The summed E-state index contributed by atoms with van der Waals surface area (Å²) in [4.78, 5) is 11.8. The van der Waals surface area contributed by atoms with Crippen LogP contribution in [0, 0.1) is 0 Å². The molecule has 0 heterocycles. The molecule has 1 aromatic carbocycles. The topological polar surface area (TPSA) is 49.3 Å². The van der Waals surface area contributed by atoms with Gasteiger partial charge in [0.25, 0.3) is 0 Å². The predicted molar refractivity (Wildman–Crippen MR) is 81.1 cm³/mol. The maximum atomic E-state index is 11.8. The Morgan fingerprint density at radius 3 is 2.25 bits per heavy atom. The lowest BCUT2D eigenvalue weighted by molar-refractivity contribution is -0.145. The van der Waals surface area contributed by atoms with Gasteiger partial charge in [0, 0.05) is 11.1 Å². The normalized spacial score (nSPS) is 20.1. The lowest BCUT2D eigenvalue weighted by Crippen LogP contribution is -2.51. The number of hydrogen-bond acceptors (Lipinski definition) is 2. The van der Waals surface area contributed by atoms with Gasteiger partial charge in [-0.05, 0) is 37.5 Å². The summed E-state index contributed by atoms with van der Waals surface area (Å²) in [7, 11) is 0. The molecular weight excluding hydrogens is 274 g/mol. The first-order valence-electron chi connectivity index (χ1n) is 7.29. The number of rotatable bonds is 4. The molecule has 1 aliphatic rings. The maximum absolute atomic E-state index is 11.8. The average molecular weight is 296 g/mol. The summed E-state index contributed by atoms with van der Waals surface area (Å²) < 4.78 is 0. The molecule has 1 fully saturated rings. The molecule has 110 valence electrons. The quantitative estimate of drug-likeness (QED) is 0.827. The zero-order valence-electron chi connectivity index (χ0n) is 11.9. The number of aliphatic carboxylic acids is 1. The van der Waals surface area contributed by atoms with Crippen molar-refractivity contribution in [2.75, 3.05) is 0 Å². The molecule has 0 bridgehead atoms. The molecule has 20 heavy (non-hydrogen) atoms. The van der Waals surface area contributed by atoms with Gasteiger partial charge < -0.3 is 5.11 Å². The molecule has 0 radical (unpaired) electrons. The third kappa shape index (κ3) is 3.53. The van der Waals surface area contributed by atoms with Crippen LogP contribution in [-0.2, 0) is 10.3 Å². The summed E-state index contributed by atoms with van der Waals surface area (Å²) in [6.45, 7) is 1.74. The van der Waals surface area contributed by atoms with Gasteiger partial charge in [-0.25, -0.2) is 4.79 Å². The van der Waals surface area contributed by atoms with E-state index in [1.54, 1.807) is 31.2 Å². The van der Waals surface area contributed by atoms with Crippen LogP contribution in [0.2, 0.25) is 5.02 Å².